The number of nitrogens with one attached hydrogen (secondary N) is 1. The molecule has 1 rings (SSSR count). The van der Waals surface area contributed by atoms with Gasteiger partial charge in [-0.3, -0.25) is 0 Å². The molecule has 0 amide bonds. The third kappa shape index (κ3) is 5.32. The number of aliphatic hydroxyl groups is 1. The van der Waals surface area contributed by atoms with Gasteiger partial charge in [0.05, 0.1) is 23.3 Å². The summed E-state index contributed by atoms with van der Waals surface area (Å²) < 4.78 is 5.32. The van der Waals surface area contributed by atoms with E-state index >= 15 is 0 Å². The Labute approximate surface area is 117 Å². The lowest BCUT2D eigenvalue weighted by molar-refractivity contribution is 0.292. The molecule has 0 aliphatic carbocycles. The van der Waals surface area contributed by atoms with Gasteiger partial charge in [-0.15, -0.1) is 12.4 Å². The molecule has 0 saturated carbocycles. The molecule has 0 atom stereocenters. The Kier molecular flexibility index (Phi) is 8.74. The standard InChI is InChI=1S/C11H15Cl2NO2.ClH/c1-2-16-11-9(12)5-8(6-10(11)13)7-14-3-4-15;/h5-6,14-15H,2-4,7H2,1H3;1H. The van der Waals surface area contributed by atoms with E-state index in [1.807, 2.05) is 19.1 Å². The van der Waals surface area contributed by atoms with Gasteiger partial charge in [0.2, 0.25) is 0 Å². The van der Waals surface area contributed by atoms with E-state index < -0.39 is 0 Å². The van der Waals surface area contributed by atoms with E-state index in [0.29, 0.717) is 35.5 Å². The van der Waals surface area contributed by atoms with E-state index in [1.54, 1.807) is 0 Å². The van der Waals surface area contributed by atoms with Crippen molar-refractivity contribution in [3.05, 3.63) is 27.7 Å². The minimum absolute atomic E-state index is 0. The molecule has 2 N–H and O–H groups in total. The van der Waals surface area contributed by atoms with Gasteiger partial charge in [0, 0.05) is 13.1 Å². The van der Waals surface area contributed by atoms with Crippen molar-refractivity contribution < 1.29 is 9.84 Å². The summed E-state index contributed by atoms with van der Waals surface area (Å²) in [6.45, 7) is 3.68. The monoisotopic (exact) mass is 299 g/mol. The van der Waals surface area contributed by atoms with Crippen LogP contribution in [0.3, 0.4) is 0 Å². The lowest BCUT2D eigenvalue weighted by Gasteiger charge is -2.10. The van der Waals surface area contributed by atoms with Gasteiger partial charge in [-0.2, -0.15) is 0 Å². The topological polar surface area (TPSA) is 41.5 Å². The zero-order valence-electron chi connectivity index (χ0n) is 9.50. The third-order valence-corrected chi connectivity index (χ3v) is 2.53. The summed E-state index contributed by atoms with van der Waals surface area (Å²) >= 11 is 12.1. The van der Waals surface area contributed by atoms with Crippen molar-refractivity contribution in [2.45, 2.75) is 13.5 Å². The molecular weight excluding hydrogens is 284 g/mol. The molecule has 0 aromatic heterocycles. The Balaban J connectivity index is 0.00000256. The number of ether oxygens (including phenoxy) is 1. The summed E-state index contributed by atoms with van der Waals surface area (Å²) in [4.78, 5) is 0. The van der Waals surface area contributed by atoms with Crippen LogP contribution in [-0.4, -0.2) is 24.9 Å². The Bertz CT molecular complexity index is 324. The maximum absolute atomic E-state index is 8.63. The predicted octanol–water partition coefficient (Wildman–Crippen LogP) is 2.90. The fraction of sp³-hybridized carbons (Fsp3) is 0.455. The van der Waals surface area contributed by atoms with Crippen molar-refractivity contribution in [2.75, 3.05) is 19.8 Å². The molecule has 17 heavy (non-hydrogen) atoms. The largest absolute Gasteiger partial charge is 0.491 e. The van der Waals surface area contributed by atoms with Gasteiger partial charge in [0.15, 0.2) is 5.75 Å². The number of aliphatic hydroxyl groups excluding tert-OH is 1. The second-order valence-corrected chi connectivity index (χ2v) is 4.04. The van der Waals surface area contributed by atoms with E-state index in [4.69, 9.17) is 33.0 Å². The molecule has 0 radical (unpaired) electrons. The fourth-order valence-corrected chi connectivity index (χ4v) is 1.95. The maximum Gasteiger partial charge on any atom is 0.156 e. The van der Waals surface area contributed by atoms with E-state index in [1.165, 1.54) is 0 Å². The van der Waals surface area contributed by atoms with Gasteiger partial charge in [-0.1, -0.05) is 23.2 Å². The van der Waals surface area contributed by atoms with Gasteiger partial charge in [0.25, 0.3) is 0 Å². The predicted molar refractivity (Wildman–Crippen MR) is 73.7 cm³/mol. The van der Waals surface area contributed by atoms with Crippen molar-refractivity contribution in [2.24, 2.45) is 0 Å². The number of hydrogen-bond acceptors (Lipinski definition) is 3. The van der Waals surface area contributed by atoms with Crippen molar-refractivity contribution in [3.8, 4) is 5.75 Å². The van der Waals surface area contributed by atoms with Gasteiger partial charge < -0.3 is 15.2 Å². The number of rotatable bonds is 6. The Morgan fingerprint density at radius 3 is 2.35 bits per heavy atom. The molecule has 1 aromatic carbocycles. The highest BCUT2D eigenvalue weighted by molar-refractivity contribution is 6.37. The second kappa shape index (κ2) is 8.84. The smallest absolute Gasteiger partial charge is 0.156 e. The lowest BCUT2D eigenvalue weighted by atomic mass is 10.2. The third-order valence-electron chi connectivity index (χ3n) is 1.96. The van der Waals surface area contributed by atoms with Crippen LogP contribution in [0, 0.1) is 0 Å². The summed E-state index contributed by atoms with van der Waals surface area (Å²) in [5, 5.41) is 12.7. The summed E-state index contributed by atoms with van der Waals surface area (Å²) in [5.41, 5.74) is 0.965. The first kappa shape index (κ1) is 16.8. The average molecular weight is 301 g/mol. The minimum Gasteiger partial charge on any atom is -0.491 e. The highest BCUT2D eigenvalue weighted by atomic mass is 35.5. The molecule has 0 unspecified atom stereocenters. The minimum atomic E-state index is 0. The molecule has 0 saturated heterocycles. The van der Waals surface area contributed by atoms with Gasteiger partial charge in [-0.05, 0) is 24.6 Å². The first-order valence-electron chi connectivity index (χ1n) is 5.11. The van der Waals surface area contributed by atoms with Crippen molar-refractivity contribution >= 4 is 35.6 Å². The molecule has 0 heterocycles. The number of benzene rings is 1. The summed E-state index contributed by atoms with van der Waals surface area (Å²) in [5.74, 6) is 0.525. The Morgan fingerprint density at radius 1 is 1.29 bits per heavy atom. The molecule has 0 bridgehead atoms. The molecule has 0 spiro atoms. The zero-order chi connectivity index (χ0) is 12.0. The van der Waals surface area contributed by atoms with Gasteiger partial charge in [-0.25, -0.2) is 0 Å². The fourth-order valence-electron chi connectivity index (χ4n) is 1.31. The molecule has 0 aliphatic rings. The van der Waals surface area contributed by atoms with Crippen LogP contribution in [0.25, 0.3) is 0 Å². The molecule has 6 heteroatoms. The van der Waals surface area contributed by atoms with Crippen LogP contribution in [-0.2, 0) is 6.54 Å². The highest BCUT2D eigenvalue weighted by Crippen LogP contribution is 2.34. The Morgan fingerprint density at radius 2 is 1.88 bits per heavy atom. The summed E-state index contributed by atoms with van der Waals surface area (Å²) in [7, 11) is 0. The molecule has 0 fully saturated rings. The second-order valence-electron chi connectivity index (χ2n) is 3.22. The average Bonchev–Trinajstić information content (AvgIpc) is 2.24. The Hall–Kier alpha value is -0.190. The van der Waals surface area contributed by atoms with Crippen LogP contribution in [0.1, 0.15) is 12.5 Å². The number of hydrogen-bond donors (Lipinski definition) is 2. The van der Waals surface area contributed by atoms with Crippen molar-refractivity contribution in [1.82, 2.24) is 5.32 Å². The molecular formula is C11H16Cl3NO2. The maximum atomic E-state index is 8.63. The lowest BCUT2D eigenvalue weighted by Crippen LogP contribution is -2.17. The van der Waals surface area contributed by atoms with Gasteiger partial charge >= 0.3 is 0 Å². The highest BCUT2D eigenvalue weighted by Gasteiger charge is 2.08. The van der Waals surface area contributed by atoms with Crippen LogP contribution >= 0.6 is 35.6 Å². The van der Waals surface area contributed by atoms with E-state index in [2.05, 4.69) is 5.32 Å². The molecule has 1 aromatic rings. The van der Waals surface area contributed by atoms with E-state index in [-0.39, 0.29) is 19.0 Å². The zero-order valence-corrected chi connectivity index (χ0v) is 11.8. The first-order chi connectivity index (χ1) is 7.69. The number of halogens is 3. The first-order valence-corrected chi connectivity index (χ1v) is 5.87. The van der Waals surface area contributed by atoms with E-state index in [9.17, 15) is 0 Å². The van der Waals surface area contributed by atoms with Crippen molar-refractivity contribution in [3.63, 3.8) is 0 Å². The summed E-state index contributed by atoms with van der Waals surface area (Å²) in [6.07, 6.45) is 0. The van der Waals surface area contributed by atoms with Crippen LogP contribution < -0.4 is 10.1 Å². The normalized spacial score (nSPS) is 9.88. The SMILES string of the molecule is CCOc1c(Cl)cc(CNCCO)cc1Cl.Cl. The quantitative estimate of drug-likeness (QED) is 0.794. The van der Waals surface area contributed by atoms with Gasteiger partial charge in [0.1, 0.15) is 0 Å². The molecule has 98 valence electrons. The molecule has 0 aliphatic heterocycles. The van der Waals surface area contributed by atoms with Crippen LogP contribution in [0.2, 0.25) is 10.0 Å². The molecule has 3 nitrogen and oxygen atoms in total. The summed E-state index contributed by atoms with van der Waals surface area (Å²) in [6, 6.07) is 3.62. The van der Waals surface area contributed by atoms with Crippen LogP contribution in [0.4, 0.5) is 0 Å². The van der Waals surface area contributed by atoms with Crippen LogP contribution in [0.15, 0.2) is 12.1 Å². The van der Waals surface area contributed by atoms with Crippen LogP contribution in [0.5, 0.6) is 5.75 Å². The van der Waals surface area contributed by atoms with E-state index in [0.717, 1.165) is 5.56 Å². The van der Waals surface area contributed by atoms with Crippen molar-refractivity contribution in [1.29, 1.82) is 0 Å².